The third kappa shape index (κ3) is 2.63. The predicted molar refractivity (Wildman–Crippen MR) is 73.4 cm³/mol. The van der Waals surface area contributed by atoms with E-state index in [1.165, 1.54) is 0 Å². The van der Waals surface area contributed by atoms with Crippen LogP contribution in [-0.4, -0.2) is 25.9 Å². The monoisotopic (exact) mass is 269 g/mol. The molecular weight excluding hydrogens is 250 g/mol. The highest BCUT2D eigenvalue weighted by Gasteiger charge is 2.45. The van der Waals surface area contributed by atoms with Gasteiger partial charge in [0, 0.05) is 21.5 Å². The van der Waals surface area contributed by atoms with Crippen molar-refractivity contribution in [3.63, 3.8) is 0 Å². The van der Waals surface area contributed by atoms with Gasteiger partial charge in [-0.3, -0.25) is 0 Å². The van der Waals surface area contributed by atoms with Crippen LogP contribution in [0.4, 0.5) is 0 Å². The second kappa shape index (κ2) is 4.72. The SMILES string of the molecule is COc1ccc(Cl)cc1C1(CC(C)(C)N)COC1. The largest absolute Gasteiger partial charge is 0.496 e. The fraction of sp³-hybridized carbons (Fsp3) is 0.571. The first-order valence-electron chi connectivity index (χ1n) is 6.07. The summed E-state index contributed by atoms with van der Waals surface area (Å²) >= 11 is 6.10. The van der Waals surface area contributed by atoms with Gasteiger partial charge in [0.15, 0.2) is 0 Å². The minimum absolute atomic E-state index is 0.0749. The summed E-state index contributed by atoms with van der Waals surface area (Å²) in [4.78, 5) is 0. The van der Waals surface area contributed by atoms with Crippen molar-refractivity contribution in [3.05, 3.63) is 28.8 Å². The molecule has 18 heavy (non-hydrogen) atoms. The smallest absolute Gasteiger partial charge is 0.122 e. The molecule has 0 spiro atoms. The maximum Gasteiger partial charge on any atom is 0.122 e. The third-order valence-electron chi connectivity index (χ3n) is 3.28. The number of nitrogens with two attached hydrogens (primary N) is 1. The van der Waals surface area contributed by atoms with Gasteiger partial charge < -0.3 is 15.2 Å². The molecule has 2 rings (SSSR count). The second-order valence-electron chi connectivity index (χ2n) is 5.78. The fourth-order valence-corrected chi connectivity index (χ4v) is 2.84. The molecule has 1 aromatic rings. The van der Waals surface area contributed by atoms with E-state index >= 15 is 0 Å². The first-order chi connectivity index (χ1) is 8.36. The number of hydrogen-bond acceptors (Lipinski definition) is 3. The first kappa shape index (κ1) is 13.7. The lowest BCUT2D eigenvalue weighted by molar-refractivity contribution is -0.0727. The van der Waals surface area contributed by atoms with Crippen LogP contribution in [0.5, 0.6) is 5.75 Å². The van der Waals surface area contributed by atoms with Crippen LogP contribution >= 0.6 is 11.6 Å². The standard InChI is InChI=1S/C14H20ClNO2/c1-13(2,16)7-14(8-18-9-14)11-6-10(15)4-5-12(11)17-3/h4-6H,7-9,16H2,1-3H3. The highest BCUT2D eigenvalue weighted by Crippen LogP contribution is 2.43. The van der Waals surface area contributed by atoms with Crippen LogP contribution < -0.4 is 10.5 Å². The molecule has 1 heterocycles. The van der Waals surface area contributed by atoms with Gasteiger partial charge in [0.25, 0.3) is 0 Å². The van der Waals surface area contributed by atoms with Crippen molar-refractivity contribution >= 4 is 11.6 Å². The molecule has 1 aliphatic rings. The highest BCUT2D eigenvalue weighted by atomic mass is 35.5. The Labute approximate surface area is 113 Å². The van der Waals surface area contributed by atoms with Gasteiger partial charge in [0.05, 0.1) is 20.3 Å². The van der Waals surface area contributed by atoms with Gasteiger partial charge in [-0.1, -0.05) is 11.6 Å². The van der Waals surface area contributed by atoms with Gasteiger partial charge in [-0.25, -0.2) is 0 Å². The summed E-state index contributed by atoms with van der Waals surface area (Å²) in [6.07, 6.45) is 0.844. The van der Waals surface area contributed by atoms with Crippen LogP contribution in [0.2, 0.25) is 5.02 Å². The van der Waals surface area contributed by atoms with Crippen LogP contribution in [-0.2, 0) is 10.2 Å². The van der Waals surface area contributed by atoms with Gasteiger partial charge in [0.2, 0.25) is 0 Å². The quantitative estimate of drug-likeness (QED) is 0.914. The van der Waals surface area contributed by atoms with Crippen molar-refractivity contribution in [1.29, 1.82) is 0 Å². The summed E-state index contributed by atoms with van der Waals surface area (Å²) < 4.78 is 10.9. The zero-order valence-corrected chi connectivity index (χ0v) is 11.9. The van der Waals surface area contributed by atoms with Crippen LogP contribution in [0.25, 0.3) is 0 Å². The first-order valence-corrected chi connectivity index (χ1v) is 6.45. The minimum Gasteiger partial charge on any atom is -0.496 e. The Morgan fingerprint density at radius 2 is 2.11 bits per heavy atom. The van der Waals surface area contributed by atoms with E-state index in [0.717, 1.165) is 17.7 Å². The van der Waals surface area contributed by atoms with Crippen molar-refractivity contribution in [3.8, 4) is 5.75 Å². The van der Waals surface area contributed by atoms with Crippen molar-refractivity contribution in [2.45, 2.75) is 31.2 Å². The predicted octanol–water partition coefficient (Wildman–Crippen LogP) is 2.74. The maximum atomic E-state index is 6.17. The molecule has 0 aliphatic carbocycles. The topological polar surface area (TPSA) is 44.5 Å². The lowest BCUT2D eigenvalue weighted by atomic mass is 9.70. The summed E-state index contributed by atoms with van der Waals surface area (Å²) in [6, 6.07) is 5.71. The Morgan fingerprint density at radius 3 is 2.56 bits per heavy atom. The molecule has 100 valence electrons. The molecule has 0 amide bonds. The molecule has 1 saturated heterocycles. The molecule has 2 N–H and O–H groups in total. The lowest BCUT2D eigenvalue weighted by Gasteiger charge is -2.46. The number of ether oxygens (including phenoxy) is 2. The summed E-state index contributed by atoms with van der Waals surface area (Å²) in [6.45, 7) is 5.41. The Morgan fingerprint density at radius 1 is 1.44 bits per heavy atom. The normalized spacial score (nSPS) is 18.3. The molecule has 0 saturated carbocycles. The van der Waals surface area contributed by atoms with Gasteiger partial charge >= 0.3 is 0 Å². The van der Waals surface area contributed by atoms with E-state index in [0.29, 0.717) is 18.2 Å². The molecule has 0 unspecified atom stereocenters. The van der Waals surface area contributed by atoms with Crippen molar-refractivity contribution < 1.29 is 9.47 Å². The van der Waals surface area contributed by atoms with E-state index < -0.39 is 0 Å². The lowest BCUT2D eigenvalue weighted by Crippen LogP contribution is -2.53. The van der Waals surface area contributed by atoms with Crippen molar-refractivity contribution in [2.24, 2.45) is 5.73 Å². The number of benzene rings is 1. The van der Waals surface area contributed by atoms with E-state index in [4.69, 9.17) is 26.8 Å². The van der Waals surface area contributed by atoms with Crippen LogP contribution in [0, 0.1) is 0 Å². The third-order valence-corrected chi connectivity index (χ3v) is 3.52. The average Bonchev–Trinajstić information content (AvgIpc) is 2.22. The van der Waals surface area contributed by atoms with Crippen LogP contribution in [0.1, 0.15) is 25.8 Å². The average molecular weight is 270 g/mol. The van der Waals surface area contributed by atoms with E-state index in [9.17, 15) is 0 Å². The fourth-order valence-electron chi connectivity index (χ4n) is 2.67. The molecule has 1 fully saturated rings. The molecule has 1 aliphatic heterocycles. The Kier molecular flexibility index (Phi) is 3.58. The van der Waals surface area contributed by atoms with Gasteiger partial charge in [-0.15, -0.1) is 0 Å². The molecule has 4 heteroatoms. The van der Waals surface area contributed by atoms with Gasteiger partial charge in [-0.05, 0) is 38.5 Å². The maximum absolute atomic E-state index is 6.17. The molecule has 1 aromatic carbocycles. The van der Waals surface area contributed by atoms with E-state index in [2.05, 4.69) is 0 Å². The molecule has 0 radical (unpaired) electrons. The Balaban J connectivity index is 2.41. The molecule has 0 bridgehead atoms. The number of rotatable bonds is 4. The zero-order chi connectivity index (χ0) is 13.4. The minimum atomic E-state index is -0.253. The second-order valence-corrected chi connectivity index (χ2v) is 6.22. The summed E-state index contributed by atoms with van der Waals surface area (Å²) in [7, 11) is 1.67. The number of hydrogen-bond donors (Lipinski definition) is 1. The molecular formula is C14H20ClNO2. The number of halogens is 1. The van der Waals surface area contributed by atoms with E-state index in [-0.39, 0.29) is 11.0 Å². The molecule has 0 atom stereocenters. The van der Waals surface area contributed by atoms with Crippen molar-refractivity contribution in [1.82, 2.24) is 0 Å². The van der Waals surface area contributed by atoms with Crippen LogP contribution in [0.15, 0.2) is 18.2 Å². The van der Waals surface area contributed by atoms with Crippen molar-refractivity contribution in [2.75, 3.05) is 20.3 Å². The zero-order valence-electron chi connectivity index (χ0n) is 11.1. The van der Waals surface area contributed by atoms with E-state index in [1.807, 2.05) is 32.0 Å². The molecule has 3 nitrogen and oxygen atoms in total. The Bertz CT molecular complexity index is 436. The molecule has 0 aromatic heterocycles. The van der Waals surface area contributed by atoms with Crippen LogP contribution in [0.3, 0.4) is 0 Å². The van der Waals surface area contributed by atoms with Gasteiger partial charge in [-0.2, -0.15) is 0 Å². The van der Waals surface area contributed by atoms with E-state index in [1.54, 1.807) is 7.11 Å². The summed E-state index contributed by atoms with van der Waals surface area (Å²) in [5, 5.41) is 0.715. The van der Waals surface area contributed by atoms with Gasteiger partial charge in [0.1, 0.15) is 5.75 Å². The summed E-state index contributed by atoms with van der Waals surface area (Å²) in [5.41, 5.74) is 6.94. The Hall–Kier alpha value is -0.770. The number of methoxy groups -OCH3 is 1. The highest BCUT2D eigenvalue weighted by molar-refractivity contribution is 6.30. The summed E-state index contributed by atoms with van der Waals surface area (Å²) in [5.74, 6) is 0.854.